The van der Waals surface area contributed by atoms with E-state index in [2.05, 4.69) is 21.8 Å². The minimum absolute atomic E-state index is 0.304. The first-order valence-corrected chi connectivity index (χ1v) is 7.07. The van der Waals surface area contributed by atoms with Gasteiger partial charge in [-0.15, -0.1) is 0 Å². The second-order valence-electron chi connectivity index (χ2n) is 5.84. The maximum atomic E-state index is 6.06. The van der Waals surface area contributed by atoms with Gasteiger partial charge < -0.3 is 15.4 Å². The standard InChI is InChI=1S/C13H24N4O/c1-16(11-2-3-11)12(14)15-10-13(4-5-13)17-6-8-18-9-7-17/h11H,2-10H2,1H3,(H2,14,15). The Labute approximate surface area is 109 Å². The number of nitrogens with zero attached hydrogens (tertiary/aromatic N) is 3. The van der Waals surface area contributed by atoms with Crippen LogP contribution >= 0.6 is 0 Å². The summed E-state index contributed by atoms with van der Waals surface area (Å²) in [5.74, 6) is 0.719. The lowest BCUT2D eigenvalue weighted by molar-refractivity contribution is 0.0117. The van der Waals surface area contributed by atoms with Crippen LogP contribution in [0.5, 0.6) is 0 Å². The Morgan fingerprint density at radius 3 is 2.61 bits per heavy atom. The fourth-order valence-corrected chi connectivity index (χ4v) is 2.74. The molecular formula is C13H24N4O. The van der Waals surface area contributed by atoms with Crippen molar-refractivity contribution in [3.8, 4) is 0 Å². The van der Waals surface area contributed by atoms with Crippen LogP contribution in [0.25, 0.3) is 0 Å². The zero-order valence-electron chi connectivity index (χ0n) is 11.3. The summed E-state index contributed by atoms with van der Waals surface area (Å²) in [6.07, 6.45) is 5.05. The van der Waals surface area contributed by atoms with Gasteiger partial charge >= 0.3 is 0 Å². The van der Waals surface area contributed by atoms with E-state index >= 15 is 0 Å². The van der Waals surface area contributed by atoms with Crippen molar-refractivity contribution in [3.63, 3.8) is 0 Å². The Bertz CT molecular complexity index is 330. The van der Waals surface area contributed by atoms with Crippen LogP contribution in [0.1, 0.15) is 25.7 Å². The molecule has 0 aromatic rings. The summed E-state index contributed by atoms with van der Waals surface area (Å²) in [6.45, 7) is 4.68. The molecule has 0 atom stereocenters. The molecule has 3 rings (SSSR count). The molecule has 102 valence electrons. The van der Waals surface area contributed by atoms with Crippen molar-refractivity contribution >= 4 is 5.96 Å². The maximum absolute atomic E-state index is 6.06. The number of hydrogen-bond donors (Lipinski definition) is 1. The van der Waals surface area contributed by atoms with E-state index in [4.69, 9.17) is 10.5 Å². The van der Waals surface area contributed by atoms with Gasteiger partial charge in [-0.3, -0.25) is 9.89 Å². The van der Waals surface area contributed by atoms with Crippen LogP contribution in [0.15, 0.2) is 4.99 Å². The van der Waals surface area contributed by atoms with Gasteiger partial charge in [-0.25, -0.2) is 0 Å². The predicted octanol–water partition coefficient (Wildman–Crippen LogP) is 0.260. The Morgan fingerprint density at radius 2 is 2.06 bits per heavy atom. The van der Waals surface area contributed by atoms with Crippen molar-refractivity contribution < 1.29 is 4.74 Å². The zero-order chi connectivity index (χ0) is 12.6. The van der Waals surface area contributed by atoms with E-state index in [0.29, 0.717) is 11.6 Å². The number of guanidine groups is 1. The first kappa shape index (κ1) is 12.2. The molecule has 0 spiro atoms. The molecule has 2 aliphatic carbocycles. The van der Waals surface area contributed by atoms with Gasteiger partial charge in [0.05, 0.1) is 19.8 Å². The molecule has 1 aliphatic heterocycles. The molecule has 0 radical (unpaired) electrons. The Hall–Kier alpha value is -0.810. The highest BCUT2D eigenvalue weighted by Crippen LogP contribution is 2.42. The van der Waals surface area contributed by atoms with Crippen LogP contribution in [-0.4, -0.2) is 67.2 Å². The third-order valence-electron chi connectivity index (χ3n) is 4.50. The Balaban J connectivity index is 1.56. The smallest absolute Gasteiger partial charge is 0.191 e. The van der Waals surface area contributed by atoms with Gasteiger partial charge in [-0.1, -0.05) is 0 Å². The highest BCUT2D eigenvalue weighted by Gasteiger charge is 2.48. The molecule has 5 nitrogen and oxygen atoms in total. The van der Waals surface area contributed by atoms with Crippen molar-refractivity contribution in [3.05, 3.63) is 0 Å². The van der Waals surface area contributed by atoms with E-state index < -0.39 is 0 Å². The van der Waals surface area contributed by atoms with E-state index in [-0.39, 0.29) is 0 Å². The van der Waals surface area contributed by atoms with Crippen LogP contribution in [0.4, 0.5) is 0 Å². The average molecular weight is 252 g/mol. The quantitative estimate of drug-likeness (QED) is 0.576. The van der Waals surface area contributed by atoms with Gasteiger partial charge in [-0.05, 0) is 25.7 Å². The number of ether oxygens (including phenoxy) is 1. The lowest BCUT2D eigenvalue weighted by Gasteiger charge is -2.34. The summed E-state index contributed by atoms with van der Waals surface area (Å²) in [5, 5.41) is 0. The average Bonchev–Trinajstić information content (AvgIpc) is 3.30. The van der Waals surface area contributed by atoms with Gasteiger partial charge in [0.1, 0.15) is 0 Å². The molecule has 3 aliphatic rings. The SMILES string of the molecule is CN(C(N)=NCC1(N2CCOCC2)CC1)C1CC1. The second kappa shape index (κ2) is 4.70. The van der Waals surface area contributed by atoms with E-state index in [9.17, 15) is 0 Å². The summed E-state index contributed by atoms with van der Waals surface area (Å²) in [6, 6.07) is 0.646. The first-order chi connectivity index (χ1) is 8.71. The van der Waals surface area contributed by atoms with Crippen LogP contribution in [0, 0.1) is 0 Å². The molecule has 0 amide bonds. The summed E-state index contributed by atoms with van der Waals surface area (Å²) >= 11 is 0. The number of morpholine rings is 1. The third kappa shape index (κ3) is 2.47. The number of rotatable bonds is 4. The van der Waals surface area contributed by atoms with Gasteiger partial charge in [0.2, 0.25) is 0 Å². The number of hydrogen-bond acceptors (Lipinski definition) is 3. The summed E-state index contributed by atoms with van der Waals surface area (Å²) in [7, 11) is 2.06. The fourth-order valence-electron chi connectivity index (χ4n) is 2.74. The molecule has 0 aromatic carbocycles. The van der Waals surface area contributed by atoms with Crippen molar-refractivity contribution in [2.24, 2.45) is 10.7 Å². The largest absolute Gasteiger partial charge is 0.379 e. The van der Waals surface area contributed by atoms with Crippen molar-refractivity contribution in [2.75, 3.05) is 39.9 Å². The highest BCUT2D eigenvalue weighted by molar-refractivity contribution is 5.78. The minimum Gasteiger partial charge on any atom is -0.379 e. The van der Waals surface area contributed by atoms with Crippen molar-refractivity contribution in [1.82, 2.24) is 9.80 Å². The van der Waals surface area contributed by atoms with Gasteiger partial charge in [-0.2, -0.15) is 0 Å². The number of nitrogens with two attached hydrogens (primary N) is 1. The van der Waals surface area contributed by atoms with Crippen LogP contribution < -0.4 is 5.73 Å². The molecular weight excluding hydrogens is 228 g/mol. The summed E-state index contributed by atoms with van der Waals surface area (Å²) in [5.41, 5.74) is 6.36. The van der Waals surface area contributed by atoms with Gasteiger partial charge in [0.15, 0.2) is 5.96 Å². The highest BCUT2D eigenvalue weighted by atomic mass is 16.5. The zero-order valence-corrected chi connectivity index (χ0v) is 11.3. The summed E-state index contributed by atoms with van der Waals surface area (Å²) in [4.78, 5) is 9.31. The molecule has 1 heterocycles. The lowest BCUT2D eigenvalue weighted by Crippen LogP contribution is -2.47. The van der Waals surface area contributed by atoms with Crippen LogP contribution in [0.2, 0.25) is 0 Å². The normalized spacial score (nSPS) is 28.2. The fraction of sp³-hybridized carbons (Fsp3) is 0.923. The maximum Gasteiger partial charge on any atom is 0.191 e. The van der Waals surface area contributed by atoms with E-state index in [1.54, 1.807) is 0 Å². The van der Waals surface area contributed by atoms with Gasteiger partial charge in [0, 0.05) is 31.7 Å². The van der Waals surface area contributed by atoms with E-state index in [1.807, 2.05) is 0 Å². The molecule has 1 saturated heterocycles. The lowest BCUT2D eigenvalue weighted by atomic mass is 10.2. The summed E-state index contributed by atoms with van der Waals surface area (Å²) < 4.78 is 5.42. The molecule has 0 unspecified atom stereocenters. The molecule has 2 saturated carbocycles. The predicted molar refractivity (Wildman–Crippen MR) is 71.6 cm³/mol. The van der Waals surface area contributed by atoms with Gasteiger partial charge in [0.25, 0.3) is 0 Å². The van der Waals surface area contributed by atoms with Crippen molar-refractivity contribution in [1.29, 1.82) is 0 Å². The topological polar surface area (TPSA) is 54.1 Å². The van der Waals surface area contributed by atoms with Crippen LogP contribution in [-0.2, 0) is 4.74 Å². The van der Waals surface area contributed by atoms with Crippen LogP contribution in [0.3, 0.4) is 0 Å². The van der Waals surface area contributed by atoms with Crippen molar-refractivity contribution in [2.45, 2.75) is 37.3 Å². The molecule has 3 fully saturated rings. The molecule has 18 heavy (non-hydrogen) atoms. The van der Waals surface area contributed by atoms with E-state index in [0.717, 1.165) is 38.8 Å². The molecule has 2 N–H and O–H groups in total. The third-order valence-corrected chi connectivity index (χ3v) is 4.50. The Kier molecular flexibility index (Phi) is 3.20. The minimum atomic E-state index is 0.304. The molecule has 0 bridgehead atoms. The second-order valence-corrected chi connectivity index (χ2v) is 5.84. The first-order valence-electron chi connectivity index (χ1n) is 7.07. The number of aliphatic imine (C=N–C) groups is 1. The Morgan fingerprint density at radius 1 is 1.39 bits per heavy atom. The van der Waals surface area contributed by atoms with E-state index in [1.165, 1.54) is 25.7 Å². The monoisotopic (exact) mass is 252 g/mol. The molecule has 5 heteroatoms. The molecule has 0 aromatic heterocycles.